The van der Waals surface area contributed by atoms with Crippen molar-refractivity contribution in [1.82, 2.24) is 0 Å². The summed E-state index contributed by atoms with van der Waals surface area (Å²) < 4.78 is 5.35. The van der Waals surface area contributed by atoms with Crippen LogP contribution in [0.1, 0.15) is 25.8 Å². The highest BCUT2D eigenvalue weighted by Gasteiger charge is 2.15. The lowest BCUT2D eigenvalue weighted by molar-refractivity contribution is 0.402. The molecule has 0 spiro atoms. The van der Waals surface area contributed by atoms with Crippen LogP contribution in [0.15, 0.2) is 18.2 Å². The van der Waals surface area contributed by atoms with E-state index in [1.54, 1.807) is 7.11 Å². The maximum Gasteiger partial charge on any atom is 0.122 e. The van der Waals surface area contributed by atoms with Gasteiger partial charge in [-0.1, -0.05) is 47.8 Å². The monoisotopic (exact) mass is 304 g/mol. The zero-order valence-electron chi connectivity index (χ0n) is 9.97. The first-order valence-electron chi connectivity index (χ1n) is 5.55. The average Bonchev–Trinajstić information content (AvgIpc) is 2.25. The first-order chi connectivity index (χ1) is 7.58. The van der Waals surface area contributed by atoms with Gasteiger partial charge in [-0.15, -0.1) is 0 Å². The molecule has 0 bridgehead atoms. The van der Waals surface area contributed by atoms with E-state index in [4.69, 9.17) is 16.3 Å². The molecule has 0 saturated heterocycles. The van der Waals surface area contributed by atoms with E-state index in [1.165, 1.54) is 5.56 Å². The number of hydrogen-bond donors (Lipinski definition) is 0. The summed E-state index contributed by atoms with van der Waals surface area (Å²) in [6, 6.07) is 5.80. The molecule has 0 aliphatic heterocycles. The van der Waals surface area contributed by atoms with E-state index in [9.17, 15) is 0 Å². The molecule has 2 atom stereocenters. The summed E-state index contributed by atoms with van der Waals surface area (Å²) in [6.45, 7) is 4.39. The van der Waals surface area contributed by atoms with Crippen LogP contribution in [-0.4, -0.2) is 11.9 Å². The van der Waals surface area contributed by atoms with Crippen LogP contribution in [-0.2, 0) is 6.42 Å². The van der Waals surface area contributed by atoms with Crippen LogP contribution in [0.2, 0.25) is 5.02 Å². The predicted octanol–water partition coefficient (Wildman–Crippen LogP) is 4.70. The molecule has 0 amide bonds. The van der Waals surface area contributed by atoms with Crippen molar-refractivity contribution in [3.63, 3.8) is 0 Å². The second-order valence-electron chi connectivity index (χ2n) is 4.01. The molecule has 16 heavy (non-hydrogen) atoms. The highest BCUT2D eigenvalue weighted by Crippen LogP contribution is 2.28. The second-order valence-corrected chi connectivity index (χ2v) is 5.89. The van der Waals surface area contributed by atoms with E-state index in [0.29, 0.717) is 10.7 Å². The number of halogens is 2. The quantitative estimate of drug-likeness (QED) is 0.716. The standard InChI is InChI=1S/C13H18BrClO/c1-4-10(9(2)14)7-11-8-12(15)5-6-13(11)16-3/h5-6,8-10H,4,7H2,1-3H3. The number of methoxy groups -OCH3 is 1. The Hall–Kier alpha value is -0.210. The molecule has 0 N–H and O–H groups in total. The van der Waals surface area contributed by atoms with E-state index in [2.05, 4.69) is 29.8 Å². The smallest absolute Gasteiger partial charge is 0.122 e. The molecule has 90 valence electrons. The summed E-state index contributed by atoms with van der Waals surface area (Å²) in [5.41, 5.74) is 1.19. The molecule has 1 nitrogen and oxygen atoms in total. The molecule has 1 aromatic carbocycles. The van der Waals surface area contributed by atoms with Crippen LogP contribution in [0.25, 0.3) is 0 Å². The van der Waals surface area contributed by atoms with Gasteiger partial charge in [-0.2, -0.15) is 0 Å². The molecule has 2 unspecified atom stereocenters. The van der Waals surface area contributed by atoms with E-state index in [1.807, 2.05) is 18.2 Å². The SMILES string of the molecule is CCC(Cc1cc(Cl)ccc1OC)C(C)Br. The molecule has 1 aromatic rings. The van der Waals surface area contributed by atoms with Gasteiger partial charge in [0.15, 0.2) is 0 Å². The van der Waals surface area contributed by atoms with Crippen molar-refractivity contribution in [2.75, 3.05) is 7.11 Å². The van der Waals surface area contributed by atoms with Gasteiger partial charge in [-0.05, 0) is 36.1 Å². The van der Waals surface area contributed by atoms with Gasteiger partial charge >= 0.3 is 0 Å². The fourth-order valence-corrected chi connectivity index (χ4v) is 2.58. The Morgan fingerprint density at radius 3 is 2.62 bits per heavy atom. The Morgan fingerprint density at radius 1 is 1.44 bits per heavy atom. The topological polar surface area (TPSA) is 9.23 Å². The van der Waals surface area contributed by atoms with Crippen molar-refractivity contribution in [3.05, 3.63) is 28.8 Å². The van der Waals surface area contributed by atoms with E-state index in [-0.39, 0.29) is 0 Å². The first kappa shape index (κ1) is 13.9. The predicted molar refractivity (Wildman–Crippen MR) is 73.9 cm³/mol. The third kappa shape index (κ3) is 3.67. The number of alkyl halides is 1. The molecule has 0 radical (unpaired) electrons. The van der Waals surface area contributed by atoms with E-state index >= 15 is 0 Å². The molecule has 0 aromatic heterocycles. The molecule has 0 saturated carbocycles. The third-order valence-electron chi connectivity index (χ3n) is 2.90. The summed E-state index contributed by atoms with van der Waals surface area (Å²) in [5, 5.41) is 0.771. The van der Waals surface area contributed by atoms with Gasteiger partial charge in [0.05, 0.1) is 7.11 Å². The van der Waals surface area contributed by atoms with Crippen molar-refractivity contribution in [3.8, 4) is 5.75 Å². The fraction of sp³-hybridized carbons (Fsp3) is 0.538. The Labute approximate surface area is 111 Å². The maximum atomic E-state index is 6.01. The normalized spacial score (nSPS) is 14.6. The van der Waals surface area contributed by atoms with Crippen LogP contribution in [0.5, 0.6) is 5.75 Å². The second kappa shape index (κ2) is 6.51. The Balaban J connectivity index is 2.89. The molecular formula is C13H18BrClO. The van der Waals surface area contributed by atoms with Crippen molar-refractivity contribution < 1.29 is 4.74 Å². The lowest BCUT2D eigenvalue weighted by Gasteiger charge is -2.19. The van der Waals surface area contributed by atoms with Crippen LogP contribution in [0, 0.1) is 5.92 Å². The number of hydrogen-bond acceptors (Lipinski definition) is 1. The number of rotatable bonds is 5. The van der Waals surface area contributed by atoms with Gasteiger partial charge in [-0.25, -0.2) is 0 Å². The number of ether oxygens (including phenoxy) is 1. The minimum Gasteiger partial charge on any atom is -0.496 e. The summed E-state index contributed by atoms with van der Waals surface area (Å²) >= 11 is 9.66. The molecule has 0 aliphatic rings. The largest absolute Gasteiger partial charge is 0.496 e. The summed E-state index contributed by atoms with van der Waals surface area (Å²) in [5.74, 6) is 1.53. The van der Waals surface area contributed by atoms with Gasteiger partial charge in [0.1, 0.15) is 5.75 Å². The summed E-state index contributed by atoms with van der Waals surface area (Å²) in [7, 11) is 1.70. The van der Waals surface area contributed by atoms with Gasteiger partial charge < -0.3 is 4.74 Å². The van der Waals surface area contributed by atoms with Gasteiger partial charge in [0, 0.05) is 9.85 Å². The van der Waals surface area contributed by atoms with E-state index in [0.717, 1.165) is 23.6 Å². The van der Waals surface area contributed by atoms with Crippen LogP contribution in [0.3, 0.4) is 0 Å². The third-order valence-corrected chi connectivity index (χ3v) is 3.88. The number of benzene rings is 1. The Morgan fingerprint density at radius 2 is 2.12 bits per heavy atom. The molecule has 1 rings (SSSR count). The van der Waals surface area contributed by atoms with Gasteiger partial charge in [-0.3, -0.25) is 0 Å². The van der Waals surface area contributed by atoms with Crippen molar-refractivity contribution in [2.45, 2.75) is 31.5 Å². The Kier molecular flexibility index (Phi) is 5.63. The highest BCUT2D eigenvalue weighted by molar-refractivity contribution is 9.09. The molecule has 0 aliphatic carbocycles. The van der Waals surface area contributed by atoms with Crippen LogP contribution >= 0.6 is 27.5 Å². The van der Waals surface area contributed by atoms with E-state index < -0.39 is 0 Å². The lowest BCUT2D eigenvalue weighted by Crippen LogP contribution is -2.13. The highest BCUT2D eigenvalue weighted by atomic mass is 79.9. The molecule has 3 heteroatoms. The van der Waals surface area contributed by atoms with Gasteiger partial charge in [0.25, 0.3) is 0 Å². The van der Waals surface area contributed by atoms with Crippen LogP contribution < -0.4 is 4.74 Å². The summed E-state index contributed by atoms with van der Waals surface area (Å²) in [6.07, 6.45) is 2.13. The minimum absolute atomic E-state index is 0.501. The van der Waals surface area contributed by atoms with Gasteiger partial charge in [0.2, 0.25) is 0 Å². The lowest BCUT2D eigenvalue weighted by atomic mass is 9.94. The van der Waals surface area contributed by atoms with Crippen molar-refractivity contribution in [2.24, 2.45) is 5.92 Å². The van der Waals surface area contributed by atoms with Crippen LogP contribution in [0.4, 0.5) is 0 Å². The minimum atomic E-state index is 0.501. The Bertz CT molecular complexity index is 339. The molecular weight excluding hydrogens is 287 g/mol. The summed E-state index contributed by atoms with van der Waals surface area (Å²) in [4.78, 5) is 0.501. The molecule has 0 heterocycles. The molecule has 0 fully saturated rings. The van der Waals surface area contributed by atoms with Crippen molar-refractivity contribution in [1.29, 1.82) is 0 Å². The van der Waals surface area contributed by atoms with Crippen molar-refractivity contribution >= 4 is 27.5 Å². The maximum absolute atomic E-state index is 6.01. The zero-order valence-corrected chi connectivity index (χ0v) is 12.3. The fourth-order valence-electron chi connectivity index (χ4n) is 1.82. The zero-order chi connectivity index (χ0) is 12.1. The average molecular weight is 306 g/mol. The first-order valence-corrected chi connectivity index (χ1v) is 6.84.